The minimum Gasteiger partial charge on any atom is -0.550 e. The largest absolute Gasteiger partial charge is 0.550 e. The summed E-state index contributed by atoms with van der Waals surface area (Å²) < 4.78 is 13.3. The van der Waals surface area contributed by atoms with Gasteiger partial charge in [-0.15, -0.1) is 0 Å². The van der Waals surface area contributed by atoms with Gasteiger partial charge < -0.3 is 24.5 Å². The van der Waals surface area contributed by atoms with Crippen LogP contribution >= 0.6 is 0 Å². The van der Waals surface area contributed by atoms with Crippen LogP contribution in [0.5, 0.6) is 11.5 Å². The highest BCUT2D eigenvalue weighted by Crippen LogP contribution is 2.35. The van der Waals surface area contributed by atoms with E-state index in [1.165, 1.54) is 0 Å². The molecular formula is C29H31NO6. The zero-order valence-corrected chi connectivity index (χ0v) is 21.0. The molecule has 0 radical (unpaired) electrons. The summed E-state index contributed by atoms with van der Waals surface area (Å²) in [6, 6.07) is 10.9. The molecule has 188 valence electrons. The van der Waals surface area contributed by atoms with Crippen LogP contribution in [0.4, 0.5) is 0 Å². The predicted molar refractivity (Wildman–Crippen MR) is 137 cm³/mol. The smallest absolute Gasteiger partial charge is 0.307 e. The van der Waals surface area contributed by atoms with Crippen molar-refractivity contribution in [3.05, 3.63) is 88.5 Å². The second-order valence-electron chi connectivity index (χ2n) is 8.45. The van der Waals surface area contributed by atoms with Crippen molar-refractivity contribution in [3.63, 3.8) is 0 Å². The van der Waals surface area contributed by atoms with Crippen molar-refractivity contribution in [1.82, 2.24) is 0 Å². The van der Waals surface area contributed by atoms with Gasteiger partial charge in [-0.1, -0.05) is 12.1 Å². The third-order valence-electron chi connectivity index (χ3n) is 5.65. The summed E-state index contributed by atoms with van der Waals surface area (Å²) in [6.45, 7) is 4.50. The predicted octanol–water partition coefficient (Wildman–Crippen LogP) is 3.04. The number of hydrogen-bond acceptors (Lipinski definition) is 5. The minimum atomic E-state index is -1.20. The number of benzene rings is 2. The van der Waals surface area contributed by atoms with Crippen LogP contribution in [0, 0.1) is 0 Å². The zero-order valence-electron chi connectivity index (χ0n) is 21.0. The molecule has 1 N–H and O–H groups in total. The summed E-state index contributed by atoms with van der Waals surface area (Å²) in [5.74, 6) is -1.14. The van der Waals surface area contributed by atoms with E-state index < -0.39 is 11.9 Å². The molecule has 0 aromatic heterocycles. The first-order valence-electron chi connectivity index (χ1n) is 11.8. The van der Waals surface area contributed by atoms with Crippen LogP contribution in [0.3, 0.4) is 0 Å². The summed E-state index contributed by atoms with van der Waals surface area (Å²) in [7, 11) is 3.92. The molecule has 0 heterocycles. The van der Waals surface area contributed by atoms with Gasteiger partial charge >= 0.3 is 5.97 Å². The number of aliphatic carboxylic acids is 2. The molecule has 0 bridgehead atoms. The summed E-state index contributed by atoms with van der Waals surface area (Å²) in [4.78, 5) is 23.0. The fourth-order valence-corrected chi connectivity index (χ4v) is 4.08. The van der Waals surface area contributed by atoms with Crippen LogP contribution in [-0.4, -0.2) is 54.6 Å². The molecule has 0 amide bonds. The van der Waals surface area contributed by atoms with Crippen molar-refractivity contribution >= 4 is 23.2 Å². The van der Waals surface area contributed by atoms with Gasteiger partial charge in [0.05, 0.1) is 19.6 Å². The molecule has 1 aliphatic carbocycles. The van der Waals surface area contributed by atoms with Gasteiger partial charge in [0.2, 0.25) is 0 Å². The standard InChI is InChI=1S/C29H31NO6/c1-5-35-25-13-9-20(15-22(25)17-27(31)32)29(19-7-11-24(12-8-19)30(3)4)21-10-14-26(36-6-2)23(16-21)18-28(33)34/h7-16H,5-6,17-18H2,1-4H3,(H-,31,32,33,34). The van der Waals surface area contributed by atoms with Crippen LogP contribution in [0.1, 0.15) is 36.1 Å². The third-order valence-corrected chi connectivity index (χ3v) is 5.65. The Bertz CT molecular complexity index is 1190. The summed E-state index contributed by atoms with van der Waals surface area (Å²) in [6.07, 6.45) is 7.51. The molecule has 0 unspecified atom stereocenters. The second-order valence-corrected chi connectivity index (χ2v) is 8.45. The van der Waals surface area contributed by atoms with Crippen LogP contribution < -0.4 is 14.6 Å². The average Bonchev–Trinajstić information content (AvgIpc) is 2.82. The van der Waals surface area contributed by atoms with Crippen molar-refractivity contribution in [2.24, 2.45) is 0 Å². The quantitative estimate of drug-likeness (QED) is 0.515. The van der Waals surface area contributed by atoms with Gasteiger partial charge in [0.25, 0.3) is 0 Å². The Morgan fingerprint density at radius 1 is 0.833 bits per heavy atom. The highest BCUT2D eigenvalue weighted by Gasteiger charge is 2.18. The lowest BCUT2D eigenvalue weighted by Crippen LogP contribution is -2.24. The molecule has 0 spiro atoms. The third kappa shape index (κ3) is 6.50. The molecule has 7 nitrogen and oxygen atoms in total. The number of nitrogens with zero attached hydrogens (tertiary/aromatic N) is 1. The maximum absolute atomic E-state index is 11.6. The Kier molecular flexibility index (Phi) is 8.84. The number of allylic oxidation sites excluding steroid dienone is 5. The van der Waals surface area contributed by atoms with Gasteiger partial charge in [0.1, 0.15) is 25.6 Å². The second kappa shape index (κ2) is 12.0. The van der Waals surface area contributed by atoms with Gasteiger partial charge in [-0.3, -0.25) is 4.79 Å². The van der Waals surface area contributed by atoms with Gasteiger partial charge in [0, 0.05) is 35.7 Å². The minimum absolute atomic E-state index is 0.185. The molecule has 0 atom stereocenters. The molecule has 0 aliphatic heterocycles. The Balaban J connectivity index is 2.26. The molecule has 0 saturated carbocycles. The van der Waals surface area contributed by atoms with Crippen LogP contribution in [0.15, 0.2) is 66.3 Å². The normalized spacial score (nSPS) is 12.4. The van der Waals surface area contributed by atoms with E-state index in [4.69, 9.17) is 9.47 Å². The lowest BCUT2D eigenvalue weighted by atomic mass is 9.88. The van der Waals surface area contributed by atoms with E-state index >= 15 is 0 Å². The number of carbonyl (C=O) groups excluding carboxylic acids is 1. The molecule has 1 aliphatic rings. The first-order chi connectivity index (χ1) is 17.2. The summed E-state index contributed by atoms with van der Waals surface area (Å²) in [5, 5.41) is 20.9. The van der Waals surface area contributed by atoms with E-state index in [9.17, 15) is 19.8 Å². The van der Waals surface area contributed by atoms with E-state index in [1.54, 1.807) is 18.2 Å². The molecule has 0 fully saturated rings. The van der Waals surface area contributed by atoms with Crippen molar-refractivity contribution in [2.75, 3.05) is 27.3 Å². The zero-order chi connectivity index (χ0) is 26.2. The van der Waals surface area contributed by atoms with Gasteiger partial charge in [0.15, 0.2) is 5.71 Å². The molecule has 2 aromatic carbocycles. The van der Waals surface area contributed by atoms with Crippen LogP contribution in [-0.2, 0) is 22.4 Å². The Morgan fingerprint density at radius 2 is 1.33 bits per heavy atom. The maximum Gasteiger partial charge on any atom is 0.307 e. The molecule has 3 rings (SSSR count). The van der Waals surface area contributed by atoms with E-state index in [-0.39, 0.29) is 12.8 Å². The highest BCUT2D eigenvalue weighted by molar-refractivity contribution is 6.04. The Labute approximate surface area is 211 Å². The average molecular weight is 490 g/mol. The lowest BCUT2D eigenvalue weighted by Gasteiger charge is -2.19. The molecular weight excluding hydrogens is 458 g/mol. The molecule has 2 aromatic rings. The molecule has 36 heavy (non-hydrogen) atoms. The van der Waals surface area contributed by atoms with E-state index in [0.717, 1.165) is 28.0 Å². The Morgan fingerprint density at radius 3 is 1.75 bits per heavy atom. The number of carbonyl (C=O) groups is 2. The fraction of sp³-hybridized carbons (Fsp3) is 0.276. The van der Waals surface area contributed by atoms with E-state index in [0.29, 0.717) is 35.8 Å². The van der Waals surface area contributed by atoms with Gasteiger partial charge in [-0.05, 0) is 72.5 Å². The maximum atomic E-state index is 11.6. The molecule has 7 heteroatoms. The Hall–Kier alpha value is -4.13. The van der Waals surface area contributed by atoms with E-state index in [1.807, 2.05) is 75.0 Å². The number of hydrogen-bond donors (Lipinski definition) is 1. The number of carboxylic acids is 2. The number of rotatable bonds is 10. The monoisotopic (exact) mass is 489 g/mol. The van der Waals surface area contributed by atoms with Crippen molar-refractivity contribution in [3.8, 4) is 11.5 Å². The topological polar surface area (TPSA) is 98.9 Å². The van der Waals surface area contributed by atoms with Crippen molar-refractivity contribution < 1.29 is 33.9 Å². The first kappa shape index (κ1) is 26.5. The SMILES string of the molecule is CCOc1ccc(C(=C2C=CC(=[N+](C)C)C=C2)c2ccc(OCC)c(CC(=O)O)c2)cc1CC(=O)[O-]. The first-order valence-corrected chi connectivity index (χ1v) is 11.8. The van der Waals surface area contributed by atoms with Crippen molar-refractivity contribution in [2.45, 2.75) is 26.7 Å². The lowest BCUT2D eigenvalue weighted by molar-refractivity contribution is -0.462. The van der Waals surface area contributed by atoms with E-state index in [2.05, 4.69) is 0 Å². The van der Waals surface area contributed by atoms with Gasteiger partial charge in [-0.25, -0.2) is 4.58 Å². The summed E-state index contributed by atoms with van der Waals surface area (Å²) >= 11 is 0. The van der Waals surface area contributed by atoms with Crippen molar-refractivity contribution in [1.29, 1.82) is 0 Å². The summed E-state index contributed by atoms with van der Waals surface area (Å²) in [5.41, 5.74) is 5.39. The highest BCUT2D eigenvalue weighted by atomic mass is 16.5. The number of carboxylic acid groups (broad SMARTS) is 2. The number of ether oxygens (including phenoxy) is 2. The van der Waals surface area contributed by atoms with Crippen LogP contribution in [0.25, 0.3) is 5.57 Å². The molecule has 0 saturated heterocycles. The van der Waals surface area contributed by atoms with Gasteiger partial charge in [-0.2, -0.15) is 0 Å². The van der Waals surface area contributed by atoms with Crippen LogP contribution in [0.2, 0.25) is 0 Å². The fourth-order valence-electron chi connectivity index (χ4n) is 4.08.